The Morgan fingerprint density at radius 3 is 2.11 bits per heavy atom. The fourth-order valence-electron chi connectivity index (χ4n) is 1.36. The first kappa shape index (κ1) is 14.4. The van der Waals surface area contributed by atoms with Crippen molar-refractivity contribution in [3.05, 3.63) is 29.8 Å². The van der Waals surface area contributed by atoms with Crippen LogP contribution in [-0.2, 0) is 16.0 Å². The van der Waals surface area contributed by atoms with Crippen LogP contribution in [0.3, 0.4) is 0 Å². The molecule has 0 amide bonds. The van der Waals surface area contributed by atoms with Gasteiger partial charge in [0.05, 0.1) is 0 Å². The number of carbonyl (C=O) groups excluding carboxylic acids is 2. The van der Waals surface area contributed by atoms with E-state index in [4.69, 9.17) is 4.74 Å². The Labute approximate surface area is 108 Å². The van der Waals surface area contributed by atoms with E-state index in [1.54, 1.807) is 19.1 Å². The Hall–Kier alpha value is -1.64. The van der Waals surface area contributed by atoms with Crippen molar-refractivity contribution in [3.8, 4) is 5.75 Å². The minimum absolute atomic E-state index is 0.0651. The summed E-state index contributed by atoms with van der Waals surface area (Å²) in [4.78, 5) is 22.6. The summed E-state index contributed by atoms with van der Waals surface area (Å²) in [5.41, 5.74) is 0.575. The summed E-state index contributed by atoms with van der Waals surface area (Å²) in [5.74, 6) is 0.849. The highest BCUT2D eigenvalue weighted by molar-refractivity contribution is 5.85. The molecule has 1 aromatic rings. The predicted molar refractivity (Wildman–Crippen MR) is 70.8 cm³/mol. The van der Waals surface area contributed by atoms with Crippen molar-refractivity contribution in [2.24, 2.45) is 5.41 Å². The van der Waals surface area contributed by atoms with Crippen molar-refractivity contribution in [3.63, 3.8) is 0 Å². The van der Waals surface area contributed by atoms with Gasteiger partial charge in [-0.3, -0.25) is 9.59 Å². The van der Waals surface area contributed by atoms with Gasteiger partial charge < -0.3 is 4.74 Å². The van der Waals surface area contributed by atoms with Crippen LogP contribution in [0.4, 0.5) is 0 Å². The van der Waals surface area contributed by atoms with E-state index in [0.717, 1.165) is 5.56 Å². The summed E-state index contributed by atoms with van der Waals surface area (Å²) in [6.07, 6.45) is 0.432. The Bertz CT molecular complexity index is 424. The first-order valence-electron chi connectivity index (χ1n) is 6.03. The number of benzene rings is 1. The van der Waals surface area contributed by atoms with Gasteiger partial charge in [0.1, 0.15) is 18.1 Å². The van der Waals surface area contributed by atoms with E-state index in [-0.39, 0.29) is 23.6 Å². The molecule has 0 aliphatic rings. The first-order valence-corrected chi connectivity index (χ1v) is 6.03. The molecule has 3 heteroatoms. The molecule has 0 spiro atoms. The fraction of sp³-hybridized carbons (Fsp3) is 0.467. The van der Waals surface area contributed by atoms with E-state index in [1.807, 2.05) is 32.9 Å². The lowest BCUT2D eigenvalue weighted by Gasteiger charge is -2.16. The third-order valence-corrected chi connectivity index (χ3v) is 2.58. The van der Waals surface area contributed by atoms with E-state index < -0.39 is 0 Å². The summed E-state index contributed by atoms with van der Waals surface area (Å²) >= 11 is 0. The average molecular weight is 248 g/mol. The van der Waals surface area contributed by atoms with Gasteiger partial charge in [-0.2, -0.15) is 0 Å². The molecule has 0 saturated heterocycles. The molecule has 0 atom stereocenters. The van der Waals surface area contributed by atoms with E-state index in [9.17, 15) is 9.59 Å². The van der Waals surface area contributed by atoms with Crippen LogP contribution in [0.25, 0.3) is 0 Å². The fourth-order valence-corrected chi connectivity index (χ4v) is 1.36. The van der Waals surface area contributed by atoms with Crippen LogP contribution in [0.2, 0.25) is 0 Å². The SMILES string of the molecule is CC(=O)Cc1ccc(OCC(=O)C(C)(C)C)cc1. The third kappa shape index (κ3) is 4.70. The summed E-state index contributed by atoms with van der Waals surface area (Å²) < 4.78 is 5.42. The third-order valence-electron chi connectivity index (χ3n) is 2.58. The van der Waals surface area contributed by atoms with Crippen molar-refractivity contribution in [1.29, 1.82) is 0 Å². The number of carbonyl (C=O) groups is 2. The Kier molecular flexibility index (Phi) is 4.65. The van der Waals surface area contributed by atoms with Gasteiger partial charge in [0.2, 0.25) is 0 Å². The molecule has 0 heterocycles. The summed E-state index contributed by atoms with van der Waals surface area (Å²) in [5, 5.41) is 0. The maximum absolute atomic E-state index is 11.7. The molecular weight excluding hydrogens is 228 g/mol. The molecule has 0 aliphatic heterocycles. The highest BCUT2D eigenvalue weighted by Gasteiger charge is 2.21. The van der Waals surface area contributed by atoms with Crippen LogP contribution < -0.4 is 4.74 Å². The number of hydrogen-bond donors (Lipinski definition) is 0. The molecule has 0 N–H and O–H groups in total. The van der Waals surface area contributed by atoms with E-state index in [1.165, 1.54) is 0 Å². The van der Waals surface area contributed by atoms with Crippen molar-refractivity contribution in [1.82, 2.24) is 0 Å². The van der Waals surface area contributed by atoms with Gasteiger partial charge in [0.25, 0.3) is 0 Å². The van der Waals surface area contributed by atoms with Crippen molar-refractivity contribution in [2.75, 3.05) is 6.61 Å². The smallest absolute Gasteiger partial charge is 0.175 e. The van der Waals surface area contributed by atoms with Gasteiger partial charge in [-0.15, -0.1) is 0 Å². The van der Waals surface area contributed by atoms with Crippen molar-refractivity contribution >= 4 is 11.6 Å². The molecule has 0 aromatic heterocycles. The second-order valence-corrected chi connectivity index (χ2v) is 5.48. The van der Waals surface area contributed by atoms with Crippen molar-refractivity contribution in [2.45, 2.75) is 34.1 Å². The van der Waals surface area contributed by atoms with E-state index >= 15 is 0 Å². The normalized spacial score (nSPS) is 11.1. The topological polar surface area (TPSA) is 43.4 Å². The van der Waals surface area contributed by atoms with Gasteiger partial charge in [-0.1, -0.05) is 32.9 Å². The summed E-state index contributed by atoms with van der Waals surface area (Å²) in [6, 6.07) is 7.26. The van der Waals surface area contributed by atoms with E-state index in [0.29, 0.717) is 12.2 Å². The maximum atomic E-state index is 11.7. The zero-order valence-electron chi connectivity index (χ0n) is 11.4. The van der Waals surface area contributed by atoms with Crippen LogP contribution in [-0.4, -0.2) is 18.2 Å². The standard InChI is InChI=1S/C15H20O3/c1-11(16)9-12-5-7-13(8-6-12)18-10-14(17)15(2,3)4/h5-8H,9-10H2,1-4H3. The quantitative estimate of drug-likeness (QED) is 0.804. The average Bonchev–Trinajstić information content (AvgIpc) is 2.25. The summed E-state index contributed by atoms with van der Waals surface area (Å²) in [6.45, 7) is 7.25. The van der Waals surface area contributed by atoms with Gasteiger partial charge in [0.15, 0.2) is 5.78 Å². The second kappa shape index (κ2) is 5.80. The number of hydrogen-bond acceptors (Lipinski definition) is 3. The molecule has 3 nitrogen and oxygen atoms in total. The van der Waals surface area contributed by atoms with Crippen LogP contribution in [0, 0.1) is 5.41 Å². The molecule has 1 rings (SSSR count). The van der Waals surface area contributed by atoms with E-state index in [2.05, 4.69) is 0 Å². The summed E-state index contributed by atoms with van der Waals surface area (Å²) in [7, 11) is 0. The number of rotatable bonds is 5. The minimum atomic E-state index is -0.380. The molecule has 0 aliphatic carbocycles. The maximum Gasteiger partial charge on any atom is 0.175 e. The van der Waals surface area contributed by atoms with Crippen LogP contribution in [0.5, 0.6) is 5.75 Å². The molecule has 1 aromatic carbocycles. The van der Waals surface area contributed by atoms with Gasteiger partial charge in [0, 0.05) is 11.8 Å². The molecular formula is C15H20O3. The predicted octanol–water partition coefficient (Wildman–Crippen LogP) is 2.81. The Morgan fingerprint density at radius 1 is 1.11 bits per heavy atom. The monoisotopic (exact) mass is 248 g/mol. The number of ketones is 2. The Morgan fingerprint density at radius 2 is 1.67 bits per heavy atom. The largest absolute Gasteiger partial charge is 0.486 e. The number of ether oxygens (including phenoxy) is 1. The zero-order chi connectivity index (χ0) is 13.8. The lowest BCUT2D eigenvalue weighted by atomic mass is 9.91. The highest BCUT2D eigenvalue weighted by Crippen LogP contribution is 2.17. The Balaban J connectivity index is 2.54. The lowest BCUT2D eigenvalue weighted by Crippen LogP contribution is -2.26. The lowest BCUT2D eigenvalue weighted by molar-refractivity contribution is -0.128. The minimum Gasteiger partial charge on any atom is -0.486 e. The number of Topliss-reactive ketones (excluding diaryl/α,β-unsaturated/α-hetero) is 2. The van der Waals surface area contributed by atoms with Crippen molar-refractivity contribution < 1.29 is 14.3 Å². The van der Waals surface area contributed by atoms with Crippen LogP contribution >= 0.6 is 0 Å². The van der Waals surface area contributed by atoms with Gasteiger partial charge >= 0.3 is 0 Å². The van der Waals surface area contributed by atoms with Crippen LogP contribution in [0.1, 0.15) is 33.3 Å². The molecule has 98 valence electrons. The molecule has 0 fully saturated rings. The van der Waals surface area contributed by atoms with Crippen LogP contribution in [0.15, 0.2) is 24.3 Å². The highest BCUT2D eigenvalue weighted by atomic mass is 16.5. The molecule has 18 heavy (non-hydrogen) atoms. The molecule has 0 unspecified atom stereocenters. The second-order valence-electron chi connectivity index (χ2n) is 5.48. The zero-order valence-corrected chi connectivity index (χ0v) is 11.4. The molecule has 0 saturated carbocycles. The first-order chi connectivity index (χ1) is 8.29. The van der Waals surface area contributed by atoms with Gasteiger partial charge in [-0.05, 0) is 24.6 Å². The molecule has 0 bridgehead atoms. The van der Waals surface area contributed by atoms with Gasteiger partial charge in [-0.25, -0.2) is 0 Å². The molecule has 0 radical (unpaired) electrons.